The molecular formula is C10H15Cl3N6Ni2O5. The minimum absolute atomic E-state index is 0. The first-order valence-electron chi connectivity index (χ1n) is 4.43. The van der Waals surface area contributed by atoms with Gasteiger partial charge in [0, 0.05) is 17.0 Å². The second-order valence-electron chi connectivity index (χ2n) is 2.89. The van der Waals surface area contributed by atoms with E-state index in [0.717, 1.165) is 0 Å². The standard InChI is InChI=1S/C10H5N6.3ClH.2Ni.5H2O/c11-5-7(6-12)15-16-10-13-8-3-1-2-4-9(8)14-10;;;;;;;;;;/h1-4,7H;3*1H;;;5*1H2/q-1;;;;2*+2;;;;;/p-3. The molecule has 1 aromatic carbocycles. The van der Waals surface area contributed by atoms with Gasteiger partial charge >= 0.3 is 33.0 Å². The van der Waals surface area contributed by atoms with Gasteiger partial charge in [0.05, 0.1) is 0 Å². The first kappa shape index (κ1) is 56.3. The van der Waals surface area contributed by atoms with Gasteiger partial charge in [-0.25, -0.2) is 5.11 Å². The van der Waals surface area contributed by atoms with Crippen molar-refractivity contribution < 1.29 is 97.6 Å². The third-order valence-corrected chi connectivity index (χ3v) is 1.83. The number of hydrogen-bond acceptors (Lipinski definition) is 5. The van der Waals surface area contributed by atoms with Gasteiger partial charge in [-0.1, -0.05) is 24.3 Å². The molecule has 26 heavy (non-hydrogen) atoms. The Morgan fingerprint density at radius 2 is 1.35 bits per heavy atom. The molecule has 1 aromatic heterocycles. The average Bonchev–Trinajstić information content (AvgIpc) is 2.73. The zero-order chi connectivity index (χ0) is 11.4. The monoisotopic (exact) mass is 520 g/mol. The molecule has 0 saturated heterocycles. The van der Waals surface area contributed by atoms with Crippen molar-refractivity contribution in [3.63, 3.8) is 0 Å². The number of benzene rings is 1. The average molecular weight is 523 g/mol. The van der Waals surface area contributed by atoms with E-state index in [1.807, 2.05) is 12.1 Å². The topological polar surface area (TPSA) is 257 Å². The summed E-state index contributed by atoms with van der Waals surface area (Å²) in [5.74, 6) is 0.164. The van der Waals surface area contributed by atoms with Gasteiger partial charge in [-0.3, -0.25) is 5.11 Å². The van der Waals surface area contributed by atoms with Gasteiger partial charge in [-0.15, -0.1) is 0 Å². The van der Waals surface area contributed by atoms with Gasteiger partial charge in [0.25, 0.3) is 0 Å². The van der Waals surface area contributed by atoms with Crippen LogP contribution in [0.1, 0.15) is 0 Å². The summed E-state index contributed by atoms with van der Waals surface area (Å²) in [6.07, 6.45) is 0. The Balaban J connectivity index is -0.0000000413. The van der Waals surface area contributed by atoms with E-state index in [-0.39, 0.29) is 104 Å². The number of fused-ring (bicyclic) bond motifs is 1. The van der Waals surface area contributed by atoms with E-state index in [0.29, 0.717) is 11.0 Å². The molecule has 0 atom stereocenters. The molecule has 2 rings (SSSR count). The summed E-state index contributed by atoms with van der Waals surface area (Å²) < 4.78 is 0. The first-order chi connectivity index (χ1) is 7.83. The SMILES string of the molecule is N#CC(C#N)N=Nc1nc2ccccc2[n-]1.O.O.O.O.O.[Cl-].[Cl-].[Cl-].[Ni+2].[Ni+2]. The molecule has 0 aliphatic rings. The summed E-state index contributed by atoms with van der Waals surface area (Å²) in [4.78, 5) is 8.13. The molecule has 0 radical (unpaired) electrons. The molecule has 2 aromatic rings. The number of nitrogens with zero attached hydrogens (tertiary/aromatic N) is 6. The fourth-order valence-corrected chi connectivity index (χ4v) is 1.13. The summed E-state index contributed by atoms with van der Waals surface area (Å²) in [5, 5.41) is 24.1. The van der Waals surface area contributed by atoms with Crippen molar-refractivity contribution in [2.24, 2.45) is 10.2 Å². The third-order valence-electron chi connectivity index (χ3n) is 1.83. The number of halogens is 3. The molecule has 156 valence electrons. The predicted molar refractivity (Wildman–Crippen MR) is 72.7 cm³/mol. The van der Waals surface area contributed by atoms with Crippen molar-refractivity contribution in [1.29, 1.82) is 10.5 Å². The number of azo groups is 1. The van der Waals surface area contributed by atoms with Crippen LogP contribution < -0.4 is 42.2 Å². The smallest absolute Gasteiger partial charge is 1.00 e. The van der Waals surface area contributed by atoms with Crippen LogP contribution in [0.5, 0.6) is 0 Å². The zero-order valence-electron chi connectivity index (χ0n) is 12.3. The van der Waals surface area contributed by atoms with Crippen molar-refractivity contribution in [3.05, 3.63) is 24.3 Å². The minimum Gasteiger partial charge on any atom is -1.00 e. The van der Waals surface area contributed by atoms with Crippen LogP contribution in [-0.2, 0) is 33.0 Å². The quantitative estimate of drug-likeness (QED) is 0.274. The van der Waals surface area contributed by atoms with Crippen LogP contribution in [0.2, 0.25) is 0 Å². The Kier molecular flexibility index (Phi) is 62.1. The van der Waals surface area contributed by atoms with Crippen molar-refractivity contribution in [3.8, 4) is 12.1 Å². The molecular weight excluding hydrogens is 508 g/mol. The maximum Gasteiger partial charge on any atom is 2.00 e. The molecule has 1 heterocycles. The van der Waals surface area contributed by atoms with Crippen molar-refractivity contribution in [2.45, 2.75) is 6.04 Å². The Morgan fingerprint density at radius 1 is 0.885 bits per heavy atom. The number of aromatic nitrogens is 2. The van der Waals surface area contributed by atoms with E-state index in [1.165, 1.54) is 0 Å². The molecule has 0 bridgehead atoms. The number of nitriles is 2. The molecule has 0 aliphatic carbocycles. The normalized spacial score (nSPS) is 6.58. The van der Waals surface area contributed by atoms with Crippen LogP contribution in [0, 0.1) is 22.7 Å². The van der Waals surface area contributed by atoms with Crippen LogP contribution in [0.3, 0.4) is 0 Å². The van der Waals surface area contributed by atoms with Gasteiger partial charge in [-0.2, -0.15) is 10.5 Å². The second kappa shape index (κ2) is 28.7. The third kappa shape index (κ3) is 15.2. The summed E-state index contributed by atoms with van der Waals surface area (Å²) in [7, 11) is 0. The Labute approximate surface area is 187 Å². The maximum absolute atomic E-state index is 8.48. The number of hydrogen-bond donors (Lipinski definition) is 0. The zero-order valence-corrected chi connectivity index (χ0v) is 16.6. The van der Waals surface area contributed by atoms with Gasteiger partial charge in [0.15, 0.2) is 0 Å². The Morgan fingerprint density at radius 3 is 1.77 bits per heavy atom. The van der Waals surface area contributed by atoms with Crippen molar-refractivity contribution in [1.82, 2.24) is 9.97 Å². The first-order valence-corrected chi connectivity index (χ1v) is 4.43. The number of imidazole rings is 1. The largest absolute Gasteiger partial charge is 2.00 e. The van der Waals surface area contributed by atoms with Gasteiger partial charge in [0.2, 0.25) is 6.04 Å². The predicted octanol–water partition coefficient (Wildman–Crippen LogP) is -11.4. The molecule has 0 unspecified atom stereocenters. The van der Waals surface area contributed by atoms with Crippen LogP contribution in [-0.4, -0.2) is 38.4 Å². The van der Waals surface area contributed by atoms with Gasteiger partial charge < -0.3 is 74.6 Å². The molecule has 0 fully saturated rings. The molecule has 11 nitrogen and oxygen atoms in total. The van der Waals surface area contributed by atoms with Crippen molar-refractivity contribution in [2.75, 3.05) is 0 Å². The van der Waals surface area contributed by atoms with Crippen LogP contribution in [0.15, 0.2) is 34.5 Å². The van der Waals surface area contributed by atoms with E-state index in [4.69, 9.17) is 10.5 Å². The fourth-order valence-electron chi connectivity index (χ4n) is 1.13. The summed E-state index contributed by atoms with van der Waals surface area (Å²) in [6, 6.07) is 9.52. The van der Waals surface area contributed by atoms with E-state index < -0.39 is 6.04 Å². The summed E-state index contributed by atoms with van der Waals surface area (Å²) >= 11 is 0. The van der Waals surface area contributed by atoms with Gasteiger partial charge in [-0.05, 0) is 0 Å². The van der Waals surface area contributed by atoms with E-state index in [9.17, 15) is 0 Å². The number of rotatable bonds is 2. The minimum atomic E-state index is -1.11. The second-order valence-corrected chi connectivity index (χ2v) is 2.89. The summed E-state index contributed by atoms with van der Waals surface area (Å²) in [6.45, 7) is 0. The maximum atomic E-state index is 8.48. The van der Waals surface area contributed by atoms with E-state index >= 15 is 0 Å². The molecule has 0 spiro atoms. The molecule has 16 heteroatoms. The van der Waals surface area contributed by atoms with Crippen LogP contribution in [0.4, 0.5) is 5.95 Å². The molecule has 0 saturated carbocycles. The molecule has 0 amide bonds. The molecule has 10 N–H and O–H groups in total. The van der Waals surface area contributed by atoms with Crippen LogP contribution >= 0.6 is 0 Å². The van der Waals surface area contributed by atoms with E-state index in [1.54, 1.807) is 24.3 Å². The van der Waals surface area contributed by atoms with Crippen molar-refractivity contribution >= 4 is 17.0 Å². The number of para-hydroxylation sites is 2. The van der Waals surface area contributed by atoms with E-state index in [2.05, 4.69) is 20.2 Å². The van der Waals surface area contributed by atoms with Crippen LogP contribution in [0.25, 0.3) is 11.0 Å². The fraction of sp³-hybridized carbons (Fsp3) is 0.100. The Hall–Kier alpha value is -1.07. The van der Waals surface area contributed by atoms with Gasteiger partial charge in [0.1, 0.15) is 12.1 Å². The summed E-state index contributed by atoms with van der Waals surface area (Å²) in [5.41, 5.74) is 1.42. The molecule has 0 aliphatic heterocycles. The Bertz CT molecular complexity index is 605.